The Bertz CT molecular complexity index is 1320. The quantitative estimate of drug-likeness (QED) is 0.263. The van der Waals surface area contributed by atoms with E-state index >= 15 is 0 Å². The molecule has 9 nitrogen and oxygen atoms in total. The number of amides is 2. The van der Waals surface area contributed by atoms with E-state index in [9.17, 15) is 9.59 Å². The molecule has 192 valence electrons. The van der Waals surface area contributed by atoms with Gasteiger partial charge in [-0.2, -0.15) is 5.10 Å². The van der Waals surface area contributed by atoms with E-state index in [0.717, 1.165) is 5.56 Å². The third-order valence-electron chi connectivity index (χ3n) is 5.08. The first kappa shape index (κ1) is 26.3. The normalized spacial score (nSPS) is 11.9. The highest BCUT2D eigenvalue weighted by Crippen LogP contribution is 2.37. The van der Waals surface area contributed by atoms with Crippen LogP contribution in [-0.2, 0) is 11.4 Å². The topological polar surface area (TPSA) is 107 Å². The number of carbonyl (C=O) groups excluding carboxylic acids is 2. The Morgan fingerprint density at radius 2 is 1.86 bits per heavy atom. The first-order chi connectivity index (χ1) is 17.9. The van der Waals surface area contributed by atoms with Crippen LogP contribution in [0.25, 0.3) is 0 Å². The van der Waals surface area contributed by atoms with E-state index in [1.165, 1.54) is 6.21 Å². The predicted molar refractivity (Wildman–Crippen MR) is 142 cm³/mol. The fraction of sp³-hybridized carbons (Fsp3) is 0.192. The van der Waals surface area contributed by atoms with Gasteiger partial charge in [0.1, 0.15) is 6.61 Å². The van der Waals surface area contributed by atoms with Crippen LogP contribution in [-0.4, -0.2) is 38.0 Å². The van der Waals surface area contributed by atoms with E-state index in [1.54, 1.807) is 42.5 Å². The van der Waals surface area contributed by atoms with Crippen LogP contribution in [0, 0.1) is 0 Å². The molecule has 0 bridgehead atoms. The summed E-state index contributed by atoms with van der Waals surface area (Å²) in [6.07, 6.45) is 1.47. The number of benzene rings is 3. The number of nitrogens with zero attached hydrogens (tertiary/aromatic N) is 1. The number of halogens is 2. The second-order valence-electron chi connectivity index (χ2n) is 7.72. The average Bonchev–Trinajstić information content (AvgIpc) is 3.36. The van der Waals surface area contributed by atoms with Gasteiger partial charge in [-0.1, -0.05) is 23.7 Å². The zero-order valence-electron chi connectivity index (χ0n) is 19.8. The van der Waals surface area contributed by atoms with Gasteiger partial charge in [-0.05, 0) is 76.4 Å². The lowest BCUT2D eigenvalue weighted by Gasteiger charge is -2.14. The molecule has 0 aliphatic carbocycles. The van der Waals surface area contributed by atoms with Crippen LogP contribution in [0.3, 0.4) is 0 Å². The van der Waals surface area contributed by atoms with Crippen molar-refractivity contribution in [2.24, 2.45) is 5.10 Å². The Balaban J connectivity index is 1.32. The third-order valence-corrected chi connectivity index (χ3v) is 5.92. The number of hydrazone groups is 1. The molecule has 0 saturated heterocycles. The summed E-state index contributed by atoms with van der Waals surface area (Å²) in [4.78, 5) is 24.4. The second kappa shape index (κ2) is 12.5. The highest BCUT2D eigenvalue weighted by atomic mass is 79.9. The maximum absolute atomic E-state index is 12.3. The van der Waals surface area contributed by atoms with Crippen LogP contribution in [0.5, 0.6) is 23.0 Å². The van der Waals surface area contributed by atoms with Gasteiger partial charge in [0, 0.05) is 10.6 Å². The Labute approximate surface area is 226 Å². The molecule has 0 fully saturated rings. The van der Waals surface area contributed by atoms with E-state index in [1.807, 2.05) is 19.1 Å². The Hall–Kier alpha value is -3.76. The van der Waals surface area contributed by atoms with Crippen molar-refractivity contribution in [2.45, 2.75) is 13.5 Å². The highest BCUT2D eigenvalue weighted by Gasteiger charge is 2.17. The molecule has 2 amide bonds. The fourth-order valence-corrected chi connectivity index (χ4v) is 4.02. The van der Waals surface area contributed by atoms with E-state index < -0.39 is 11.8 Å². The van der Waals surface area contributed by atoms with Gasteiger partial charge in [-0.25, -0.2) is 5.43 Å². The van der Waals surface area contributed by atoms with Crippen LogP contribution in [0.4, 0.5) is 0 Å². The monoisotopic (exact) mass is 587 g/mol. The summed E-state index contributed by atoms with van der Waals surface area (Å²) in [5.41, 5.74) is 4.37. The molecule has 0 radical (unpaired) electrons. The van der Waals surface area contributed by atoms with Crippen LogP contribution in [0.1, 0.15) is 28.4 Å². The maximum Gasteiger partial charge on any atom is 0.259 e. The number of nitrogens with one attached hydrogen (secondary N) is 2. The molecule has 0 saturated carbocycles. The lowest BCUT2D eigenvalue weighted by Crippen LogP contribution is -2.34. The number of fused-ring (bicyclic) bond motifs is 1. The Morgan fingerprint density at radius 1 is 1.08 bits per heavy atom. The van der Waals surface area contributed by atoms with Crippen molar-refractivity contribution in [3.05, 3.63) is 80.8 Å². The summed E-state index contributed by atoms with van der Waals surface area (Å²) in [5, 5.41) is 7.17. The number of carbonyl (C=O) groups is 2. The molecule has 2 N–H and O–H groups in total. The Kier molecular flexibility index (Phi) is 8.86. The van der Waals surface area contributed by atoms with E-state index in [-0.39, 0.29) is 13.3 Å². The molecule has 3 aromatic carbocycles. The molecule has 37 heavy (non-hydrogen) atoms. The van der Waals surface area contributed by atoms with Crippen molar-refractivity contribution < 1.29 is 28.5 Å². The first-order valence-electron chi connectivity index (χ1n) is 11.3. The van der Waals surface area contributed by atoms with Gasteiger partial charge in [0.2, 0.25) is 6.79 Å². The minimum absolute atomic E-state index is 0.114. The molecule has 1 aliphatic heterocycles. The van der Waals surface area contributed by atoms with E-state index in [2.05, 4.69) is 31.8 Å². The van der Waals surface area contributed by atoms with Crippen molar-refractivity contribution in [3.63, 3.8) is 0 Å². The van der Waals surface area contributed by atoms with E-state index in [0.29, 0.717) is 56.8 Å². The van der Waals surface area contributed by atoms with Crippen LogP contribution < -0.4 is 29.7 Å². The van der Waals surface area contributed by atoms with Gasteiger partial charge < -0.3 is 24.3 Å². The third kappa shape index (κ3) is 7.14. The first-order valence-corrected chi connectivity index (χ1v) is 12.4. The minimum Gasteiger partial charge on any atom is -0.490 e. The summed E-state index contributed by atoms with van der Waals surface area (Å²) in [5.74, 6) is 1.22. The molecular formula is C26H23BrClN3O6. The molecule has 0 atom stereocenters. The Morgan fingerprint density at radius 3 is 2.65 bits per heavy atom. The van der Waals surface area contributed by atoms with Crippen LogP contribution in [0.2, 0.25) is 5.02 Å². The fourth-order valence-electron chi connectivity index (χ4n) is 3.32. The smallest absolute Gasteiger partial charge is 0.259 e. The lowest BCUT2D eigenvalue weighted by molar-refractivity contribution is -0.120. The SMILES string of the molecule is CCOc1cc(C=NNC(=O)CNC(=O)c2ccc3c(c2)OCO3)cc(Br)c1OCc1ccc(Cl)cc1. The molecule has 0 unspecified atom stereocenters. The van der Waals surface area contributed by atoms with Crippen molar-refractivity contribution in [2.75, 3.05) is 19.9 Å². The summed E-state index contributed by atoms with van der Waals surface area (Å²) in [6, 6.07) is 15.7. The molecule has 0 spiro atoms. The standard InChI is InChI=1S/C26H23BrClN3O6/c1-2-34-23-10-17(9-20(27)25(23)35-14-16-3-6-19(28)7-4-16)12-30-31-24(32)13-29-26(33)18-5-8-21-22(11-18)37-15-36-21/h3-12H,2,13-15H2,1H3,(H,29,33)(H,31,32). The zero-order valence-corrected chi connectivity index (χ0v) is 22.1. The lowest BCUT2D eigenvalue weighted by atomic mass is 10.2. The van der Waals surface area contributed by atoms with Gasteiger partial charge in [-0.3, -0.25) is 9.59 Å². The number of hydrogen-bond donors (Lipinski definition) is 2. The predicted octanol–water partition coefficient (Wildman–Crippen LogP) is 4.69. The number of rotatable bonds is 10. The van der Waals surface area contributed by atoms with Gasteiger partial charge in [0.05, 0.1) is 23.8 Å². The maximum atomic E-state index is 12.3. The van der Waals surface area contributed by atoms with Gasteiger partial charge in [0.15, 0.2) is 23.0 Å². The molecular weight excluding hydrogens is 566 g/mol. The minimum atomic E-state index is -0.489. The second-order valence-corrected chi connectivity index (χ2v) is 9.01. The summed E-state index contributed by atoms with van der Waals surface area (Å²) in [6.45, 7) is 2.50. The number of ether oxygens (including phenoxy) is 4. The summed E-state index contributed by atoms with van der Waals surface area (Å²) >= 11 is 9.46. The van der Waals surface area contributed by atoms with Crippen molar-refractivity contribution in [1.82, 2.24) is 10.7 Å². The molecule has 1 heterocycles. The van der Waals surface area contributed by atoms with E-state index in [4.69, 9.17) is 30.5 Å². The van der Waals surface area contributed by atoms with Crippen molar-refractivity contribution >= 4 is 45.6 Å². The largest absolute Gasteiger partial charge is 0.490 e. The van der Waals surface area contributed by atoms with Crippen LogP contribution in [0.15, 0.2) is 64.2 Å². The summed E-state index contributed by atoms with van der Waals surface area (Å²) in [7, 11) is 0. The average molecular weight is 589 g/mol. The highest BCUT2D eigenvalue weighted by molar-refractivity contribution is 9.10. The summed E-state index contributed by atoms with van der Waals surface area (Å²) < 4.78 is 22.9. The van der Waals surface area contributed by atoms with Gasteiger partial charge >= 0.3 is 0 Å². The molecule has 4 rings (SSSR count). The zero-order chi connectivity index (χ0) is 26.2. The van der Waals surface area contributed by atoms with Crippen molar-refractivity contribution in [3.8, 4) is 23.0 Å². The molecule has 11 heteroatoms. The molecule has 3 aromatic rings. The molecule has 1 aliphatic rings. The van der Waals surface area contributed by atoms with Gasteiger partial charge in [-0.15, -0.1) is 0 Å². The molecule has 0 aromatic heterocycles. The van der Waals surface area contributed by atoms with Crippen LogP contribution >= 0.6 is 27.5 Å². The number of hydrogen-bond acceptors (Lipinski definition) is 7. The van der Waals surface area contributed by atoms with Crippen molar-refractivity contribution in [1.29, 1.82) is 0 Å². The van der Waals surface area contributed by atoms with Gasteiger partial charge in [0.25, 0.3) is 11.8 Å².